The van der Waals surface area contributed by atoms with Crippen molar-refractivity contribution in [3.05, 3.63) is 35.1 Å². The van der Waals surface area contributed by atoms with Crippen LogP contribution in [0.3, 0.4) is 0 Å². The molecule has 0 amide bonds. The molecule has 1 aliphatic rings. The second-order valence-electron chi connectivity index (χ2n) is 6.73. The summed E-state index contributed by atoms with van der Waals surface area (Å²) in [5.74, 6) is 0.560. The van der Waals surface area contributed by atoms with Gasteiger partial charge in [0.25, 0.3) is 0 Å². The fourth-order valence-corrected chi connectivity index (χ4v) is 2.78. The van der Waals surface area contributed by atoms with E-state index < -0.39 is 0 Å². The lowest BCUT2D eigenvalue weighted by Gasteiger charge is -2.15. The van der Waals surface area contributed by atoms with E-state index in [-0.39, 0.29) is 35.9 Å². The van der Waals surface area contributed by atoms with Crippen LogP contribution in [0.5, 0.6) is 0 Å². The minimum Gasteiger partial charge on any atom is -0.379 e. The Kier molecular flexibility index (Phi) is 11.8. The van der Waals surface area contributed by atoms with Gasteiger partial charge in [0, 0.05) is 45.5 Å². The van der Waals surface area contributed by atoms with Crippen molar-refractivity contribution in [1.82, 2.24) is 15.5 Å². The summed E-state index contributed by atoms with van der Waals surface area (Å²) in [5, 5.41) is 6.53. The van der Waals surface area contributed by atoms with Crippen LogP contribution in [0.25, 0.3) is 0 Å². The largest absolute Gasteiger partial charge is 0.379 e. The lowest BCUT2D eigenvalue weighted by Crippen LogP contribution is -2.37. The lowest BCUT2D eigenvalue weighted by atomic mass is 10.1. The number of ether oxygens (including phenoxy) is 2. The van der Waals surface area contributed by atoms with E-state index in [1.807, 2.05) is 25.1 Å². The summed E-state index contributed by atoms with van der Waals surface area (Å²) < 4.78 is 24.9. The number of guanidine groups is 1. The van der Waals surface area contributed by atoms with Gasteiger partial charge in [0.15, 0.2) is 5.96 Å². The number of benzene rings is 1. The molecule has 1 saturated heterocycles. The maximum absolute atomic E-state index is 13.8. The van der Waals surface area contributed by atoms with E-state index in [1.54, 1.807) is 13.1 Å². The van der Waals surface area contributed by atoms with E-state index in [0.717, 1.165) is 37.5 Å². The molecule has 154 valence electrons. The first-order valence-corrected chi connectivity index (χ1v) is 9.14. The third kappa shape index (κ3) is 9.18. The summed E-state index contributed by atoms with van der Waals surface area (Å²) in [5.41, 5.74) is 1.72. The first-order valence-electron chi connectivity index (χ1n) is 9.14. The van der Waals surface area contributed by atoms with Crippen LogP contribution in [0.2, 0.25) is 0 Å². The number of halogens is 2. The van der Waals surface area contributed by atoms with Crippen molar-refractivity contribution in [3.8, 4) is 0 Å². The molecular weight excluding hydrogens is 462 g/mol. The Morgan fingerprint density at radius 3 is 2.85 bits per heavy atom. The summed E-state index contributed by atoms with van der Waals surface area (Å²) in [6.45, 7) is 4.19. The first kappa shape index (κ1) is 24.1. The monoisotopic (exact) mass is 494 g/mol. The molecule has 8 heteroatoms. The fourth-order valence-electron chi connectivity index (χ4n) is 2.78. The molecule has 0 radical (unpaired) electrons. The van der Waals surface area contributed by atoms with Gasteiger partial charge in [0.1, 0.15) is 5.82 Å². The minimum atomic E-state index is -0.169. The van der Waals surface area contributed by atoms with Crippen molar-refractivity contribution >= 4 is 29.9 Å². The van der Waals surface area contributed by atoms with Crippen LogP contribution >= 0.6 is 24.0 Å². The molecule has 27 heavy (non-hydrogen) atoms. The van der Waals surface area contributed by atoms with E-state index in [1.165, 1.54) is 6.07 Å². The molecule has 1 aromatic carbocycles. The Hall–Kier alpha value is -0.970. The third-order valence-corrected chi connectivity index (χ3v) is 4.14. The summed E-state index contributed by atoms with van der Waals surface area (Å²) >= 11 is 0. The minimum absolute atomic E-state index is 0. The van der Waals surface area contributed by atoms with Gasteiger partial charge in [0.05, 0.1) is 12.7 Å². The van der Waals surface area contributed by atoms with Crippen LogP contribution < -0.4 is 10.6 Å². The summed E-state index contributed by atoms with van der Waals surface area (Å²) in [4.78, 5) is 6.17. The predicted octanol–water partition coefficient (Wildman–Crippen LogP) is 2.37. The average molecular weight is 494 g/mol. The van der Waals surface area contributed by atoms with Gasteiger partial charge in [-0.1, -0.05) is 6.07 Å². The van der Waals surface area contributed by atoms with Gasteiger partial charge in [-0.2, -0.15) is 0 Å². The van der Waals surface area contributed by atoms with Crippen molar-refractivity contribution in [2.45, 2.75) is 32.0 Å². The lowest BCUT2D eigenvalue weighted by molar-refractivity contribution is 0.0420. The second kappa shape index (κ2) is 13.2. The molecule has 2 N–H and O–H groups in total. The van der Waals surface area contributed by atoms with Crippen molar-refractivity contribution in [3.63, 3.8) is 0 Å². The molecule has 1 unspecified atom stereocenters. The average Bonchev–Trinajstić information content (AvgIpc) is 3.13. The maximum atomic E-state index is 13.8. The zero-order valence-electron chi connectivity index (χ0n) is 16.5. The van der Waals surface area contributed by atoms with Gasteiger partial charge in [-0.15, -0.1) is 24.0 Å². The first-order chi connectivity index (χ1) is 12.6. The summed E-state index contributed by atoms with van der Waals surface area (Å²) in [7, 11) is 5.60. The van der Waals surface area contributed by atoms with Gasteiger partial charge in [-0.25, -0.2) is 4.39 Å². The Balaban J connectivity index is 0.00000364. The van der Waals surface area contributed by atoms with E-state index in [9.17, 15) is 4.39 Å². The second-order valence-corrected chi connectivity index (χ2v) is 6.73. The topological polar surface area (TPSA) is 58.1 Å². The van der Waals surface area contributed by atoms with E-state index in [2.05, 4.69) is 15.6 Å². The Bertz CT molecular complexity index is 581. The van der Waals surface area contributed by atoms with Gasteiger partial charge < -0.3 is 25.0 Å². The number of rotatable bonds is 9. The fraction of sp³-hybridized carbons (Fsp3) is 0.632. The highest BCUT2D eigenvalue weighted by atomic mass is 127. The van der Waals surface area contributed by atoms with E-state index in [0.29, 0.717) is 31.9 Å². The molecule has 1 fully saturated rings. The van der Waals surface area contributed by atoms with Gasteiger partial charge in [0.2, 0.25) is 0 Å². The zero-order valence-corrected chi connectivity index (χ0v) is 18.8. The molecule has 1 heterocycles. The molecule has 1 aromatic rings. The maximum Gasteiger partial charge on any atom is 0.191 e. The van der Waals surface area contributed by atoms with Crippen LogP contribution in [0.1, 0.15) is 24.0 Å². The highest BCUT2D eigenvalue weighted by Crippen LogP contribution is 2.12. The summed E-state index contributed by atoms with van der Waals surface area (Å²) in [6.07, 6.45) is 2.15. The van der Waals surface area contributed by atoms with Crippen LogP contribution in [0, 0.1) is 5.82 Å². The van der Waals surface area contributed by atoms with Gasteiger partial charge >= 0.3 is 0 Å². The Morgan fingerprint density at radius 1 is 1.37 bits per heavy atom. The van der Waals surface area contributed by atoms with Crippen LogP contribution in [-0.2, 0) is 22.6 Å². The predicted molar refractivity (Wildman–Crippen MR) is 117 cm³/mol. The molecule has 0 spiro atoms. The SMILES string of the molecule is CN=C(NCCCOC1CCOC1)NCc1ccc(F)c(CN(C)C)c1.I. The third-order valence-electron chi connectivity index (χ3n) is 4.14. The van der Waals surface area contributed by atoms with Crippen LogP contribution in [-0.4, -0.2) is 64.5 Å². The van der Waals surface area contributed by atoms with Crippen molar-refractivity contribution < 1.29 is 13.9 Å². The molecule has 0 aromatic heterocycles. The molecule has 1 aliphatic heterocycles. The molecule has 0 aliphatic carbocycles. The number of aliphatic imine (C=N–C) groups is 1. The molecule has 0 bridgehead atoms. The zero-order chi connectivity index (χ0) is 18.8. The quantitative estimate of drug-likeness (QED) is 0.239. The molecular formula is C19H32FIN4O2. The highest BCUT2D eigenvalue weighted by molar-refractivity contribution is 14.0. The number of hydrogen-bond donors (Lipinski definition) is 2. The molecule has 2 rings (SSSR count). The molecule has 0 saturated carbocycles. The number of nitrogens with zero attached hydrogens (tertiary/aromatic N) is 2. The van der Waals surface area contributed by atoms with Crippen LogP contribution in [0.4, 0.5) is 4.39 Å². The van der Waals surface area contributed by atoms with Gasteiger partial charge in [-0.3, -0.25) is 4.99 Å². The van der Waals surface area contributed by atoms with Crippen LogP contribution in [0.15, 0.2) is 23.2 Å². The van der Waals surface area contributed by atoms with Crippen molar-refractivity contribution in [2.75, 3.05) is 47.5 Å². The standard InChI is InChI=1S/C19H31FN4O2.HI/c1-21-19(22-8-4-9-26-17-7-10-25-14-17)23-12-15-5-6-18(20)16(11-15)13-24(2)3;/h5-6,11,17H,4,7-10,12-14H2,1-3H3,(H2,21,22,23);1H. The van der Waals surface area contributed by atoms with Gasteiger partial charge in [-0.05, 0) is 44.6 Å². The van der Waals surface area contributed by atoms with E-state index in [4.69, 9.17) is 9.47 Å². The molecule has 6 nitrogen and oxygen atoms in total. The van der Waals surface area contributed by atoms with Crippen molar-refractivity contribution in [1.29, 1.82) is 0 Å². The normalized spacial score (nSPS) is 17.1. The number of hydrogen-bond acceptors (Lipinski definition) is 4. The Morgan fingerprint density at radius 2 is 2.19 bits per heavy atom. The van der Waals surface area contributed by atoms with E-state index >= 15 is 0 Å². The highest BCUT2D eigenvalue weighted by Gasteiger charge is 2.15. The summed E-state index contributed by atoms with van der Waals surface area (Å²) in [6, 6.07) is 5.22. The smallest absolute Gasteiger partial charge is 0.191 e. The number of nitrogens with one attached hydrogen (secondary N) is 2. The molecule has 1 atom stereocenters. The Labute approximate surface area is 178 Å². The van der Waals surface area contributed by atoms with Crippen molar-refractivity contribution in [2.24, 2.45) is 4.99 Å².